The fourth-order valence-corrected chi connectivity index (χ4v) is 4.84. The van der Waals surface area contributed by atoms with E-state index in [9.17, 15) is 9.90 Å². The maximum atomic E-state index is 13.2. The molecule has 2 N–H and O–H groups in total. The van der Waals surface area contributed by atoms with E-state index >= 15 is 0 Å². The largest absolute Gasteiger partial charge is 0.507 e. The van der Waals surface area contributed by atoms with Gasteiger partial charge in [-0.1, -0.05) is 18.2 Å². The number of fused-ring (bicyclic) bond motifs is 1. The van der Waals surface area contributed by atoms with Crippen molar-refractivity contribution in [1.29, 1.82) is 0 Å². The van der Waals surface area contributed by atoms with Crippen LogP contribution in [0.15, 0.2) is 47.5 Å². The van der Waals surface area contributed by atoms with E-state index in [1.165, 1.54) is 10.4 Å². The van der Waals surface area contributed by atoms with Crippen LogP contribution >= 0.6 is 11.3 Å². The molecule has 5 heteroatoms. The van der Waals surface area contributed by atoms with Crippen molar-refractivity contribution in [2.24, 2.45) is 4.99 Å². The van der Waals surface area contributed by atoms with Crippen LogP contribution in [-0.2, 0) is 12.8 Å². The first-order valence-electron chi connectivity index (χ1n) is 9.88. The molecule has 148 valence electrons. The number of nitrogens with zero attached hydrogens (tertiary/aromatic N) is 1. The van der Waals surface area contributed by atoms with E-state index in [0.717, 1.165) is 42.5 Å². The standard InChI is InChI=1S/C24H24N2O2S/c1-15-11-12-18(13-16(15)2)26-23(28)22-19-8-4-6-10-21(19)29-24(22)25-14-17-7-3-5-9-20(17)27/h3,5,7,9,11-14,27H,4,6,8,10H2,1-2H3,(H,26,28). The number of carbonyl (C=O) groups is 1. The number of phenolic OH excluding ortho intramolecular Hbond substituents is 1. The van der Waals surface area contributed by atoms with Gasteiger partial charge in [0.15, 0.2) is 0 Å². The van der Waals surface area contributed by atoms with E-state index in [0.29, 0.717) is 16.1 Å². The third-order valence-corrected chi connectivity index (χ3v) is 6.60. The summed E-state index contributed by atoms with van der Waals surface area (Å²) in [4.78, 5) is 19.1. The normalized spacial score (nSPS) is 13.4. The molecule has 4 nitrogen and oxygen atoms in total. The molecule has 1 aromatic heterocycles. The molecule has 0 radical (unpaired) electrons. The quantitative estimate of drug-likeness (QED) is 0.528. The predicted octanol–water partition coefficient (Wildman–Crippen LogP) is 5.95. The van der Waals surface area contributed by atoms with Crippen molar-refractivity contribution in [3.05, 3.63) is 75.2 Å². The van der Waals surface area contributed by atoms with Gasteiger partial charge in [-0.2, -0.15) is 0 Å². The van der Waals surface area contributed by atoms with Gasteiger partial charge in [-0.15, -0.1) is 11.3 Å². The number of para-hydroxylation sites is 1. The fraction of sp³-hybridized carbons (Fsp3) is 0.250. The molecule has 29 heavy (non-hydrogen) atoms. The fourth-order valence-electron chi connectivity index (χ4n) is 3.61. The number of rotatable bonds is 4. The topological polar surface area (TPSA) is 61.7 Å². The minimum atomic E-state index is -0.114. The summed E-state index contributed by atoms with van der Waals surface area (Å²) >= 11 is 1.59. The van der Waals surface area contributed by atoms with Gasteiger partial charge in [-0.3, -0.25) is 4.79 Å². The van der Waals surface area contributed by atoms with Crippen LogP contribution in [0.4, 0.5) is 10.7 Å². The zero-order chi connectivity index (χ0) is 20.4. The second-order valence-electron chi connectivity index (χ2n) is 7.46. The van der Waals surface area contributed by atoms with Crippen molar-refractivity contribution in [2.75, 3.05) is 5.32 Å². The Hall–Kier alpha value is -2.92. The van der Waals surface area contributed by atoms with Gasteiger partial charge in [0.2, 0.25) is 0 Å². The number of aromatic hydroxyl groups is 1. The zero-order valence-corrected chi connectivity index (χ0v) is 17.5. The van der Waals surface area contributed by atoms with E-state index in [-0.39, 0.29) is 11.7 Å². The maximum Gasteiger partial charge on any atom is 0.259 e. The maximum absolute atomic E-state index is 13.2. The summed E-state index contributed by atoms with van der Waals surface area (Å²) in [5.74, 6) is 0.0655. The lowest BCUT2D eigenvalue weighted by molar-refractivity contribution is 0.102. The number of nitrogens with one attached hydrogen (secondary N) is 1. The molecule has 4 rings (SSSR count). The third kappa shape index (κ3) is 4.10. The highest BCUT2D eigenvalue weighted by molar-refractivity contribution is 7.16. The second kappa shape index (κ2) is 8.21. The molecule has 3 aromatic rings. The first-order valence-corrected chi connectivity index (χ1v) is 10.7. The predicted molar refractivity (Wildman–Crippen MR) is 120 cm³/mol. The molecule has 0 saturated heterocycles. The Morgan fingerprint density at radius 2 is 1.90 bits per heavy atom. The highest BCUT2D eigenvalue weighted by Gasteiger charge is 2.25. The van der Waals surface area contributed by atoms with Crippen molar-refractivity contribution in [3.63, 3.8) is 0 Å². The summed E-state index contributed by atoms with van der Waals surface area (Å²) in [5.41, 5.74) is 5.59. The number of phenols is 1. The van der Waals surface area contributed by atoms with Crippen LogP contribution in [0.3, 0.4) is 0 Å². The van der Waals surface area contributed by atoms with E-state index in [4.69, 9.17) is 0 Å². The number of hydrogen-bond acceptors (Lipinski definition) is 4. The average molecular weight is 405 g/mol. The number of carbonyl (C=O) groups excluding carboxylic acids is 1. The Balaban J connectivity index is 1.69. The van der Waals surface area contributed by atoms with E-state index < -0.39 is 0 Å². The number of aliphatic imine (C=N–C) groups is 1. The van der Waals surface area contributed by atoms with Gasteiger partial charge < -0.3 is 10.4 Å². The molecular weight excluding hydrogens is 380 g/mol. The van der Waals surface area contributed by atoms with Crippen molar-refractivity contribution in [1.82, 2.24) is 0 Å². The molecule has 2 aromatic carbocycles. The van der Waals surface area contributed by atoms with Gasteiger partial charge in [-0.05, 0) is 80.5 Å². The molecule has 0 aliphatic heterocycles. The van der Waals surface area contributed by atoms with Crippen LogP contribution in [0.25, 0.3) is 0 Å². The second-order valence-corrected chi connectivity index (χ2v) is 8.54. The van der Waals surface area contributed by atoms with Crippen molar-refractivity contribution in [2.45, 2.75) is 39.5 Å². The van der Waals surface area contributed by atoms with Gasteiger partial charge in [0.05, 0.1) is 5.56 Å². The lowest BCUT2D eigenvalue weighted by Crippen LogP contribution is -2.15. The Morgan fingerprint density at radius 3 is 2.69 bits per heavy atom. The number of amides is 1. The highest BCUT2D eigenvalue weighted by atomic mass is 32.1. The third-order valence-electron chi connectivity index (χ3n) is 5.40. The van der Waals surface area contributed by atoms with Crippen LogP contribution in [0.1, 0.15) is 50.3 Å². The van der Waals surface area contributed by atoms with Crippen molar-refractivity contribution >= 4 is 34.1 Å². The number of benzene rings is 2. The van der Waals surface area contributed by atoms with Gasteiger partial charge in [0.25, 0.3) is 5.91 Å². The molecule has 1 amide bonds. The first-order chi connectivity index (χ1) is 14.0. The molecule has 0 unspecified atom stereocenters. The average Bonchev–Trinajstić information content (AvgIpc) is 3.08. The van der Waals surface area contributed by atoms with Gasteiger partial charge in [0, 0.05) is 22.3 Å². The van der Waals surface area contributed by atoms with E-state index in [1.807, 2.05) is 31.2 Å². The summed E-state index contributed by atoms with van der Waals surface area (Å²) in [5, 5.41) is 13.8. The van der Waals surface area contributed by atoms with Crippen molar-refractivity contribution < 1.29 is 9.90 Å². The summed E-state index contributed by atoms with van der Waals surface area (Å²) in [6.07, 6.45) is 5.79. The molecule has 1 aliphatic rings. The lowest BCUT2D eigenvalue weighted by Gasteiger charge is -2.13. The molecule has 0 bridgehead atoms. The Kier molecular flexibility index (Phi) is 5.49. The summed E-state index contributed by atoms with van der Waals surface area (Å²) in [6, 6.07) is 13.0. The number of hydrogen-bond donors (Lipinski definition) is 2. The van der Waals surface area contributed by atoms with E-state index in [2.05, 4.69) is 17.2 Å². The van der Waals surface area contributed by atoms with Crippen LogP contribution in [-0.4, -0.2) is 17.2 Å². The minimum absolute atomic E-state index is 0.114. The summed E-state index contributed by atoms with van der Waals surface area (Å²) in [6.45, 7) is 4.10. The Labute approximate surface area is 175 Å². The SMILES string of the molecule is Cc1ccc(NC(=O)c2c(N=Cc3ccccc3O)sc3c2CCCC3)cc1C. The van der Waals surface area contributed by atoms with Crippen LogP contribution < -0.4 is 5.32 Å². The first kappa shape index (κ1) is 19.4. The Morgan fingerprint density at radius 1 is 1.10 bits per heavy atom. The van der Waals surface area contributed by atoms with Crippen LogP contribution in [0.5, 0.6) is 5.75 Å². The molecule has 0 spiro atoms. The zero-order valence-electron chi connectivity index (χ0n) is 16.7. The Bertz CT molecular complexity index is 1100. The van der Waals surface area contributed by atoms with Crippen LogP contribution in [0, 0.1) is 13.8 Å². The van der Waals surface area contributed by atoms with Crippen molar-refractivity contribution in [3.8, 4) is 5.75 Å². The minimum Gasteiger partial charge on any atom is -0.507 e. The molecule has 0 saturated carbocycles. The van der Waals surface area contributed by atoms with E-state index in [1.54, 1.807) is 35.8 Å². The molecule has 1 aliphatic carbocycles. The number of anilines is 1. The van der Waals surface area contributed by atoms with Crippen LogP contribution in [0.2, 0.25) is 0 Å². The monoisotopic (exact) mass is 404 g/mol. The smallest absolute Gasteiger partial charge is 0.259 e. The van der Waals surface area contributed by atoms with Gasteiger partial charge in [0.1, 0.15) is 10.8 Å². The molecular formula is C24H24N2O2S. The van der Waals surface area contributed by atoms with Gasteiger partial charge in [-0.25, -0.2) is 4.99 Å². The molecule has 0 fully saturated rings. The number of thiophene rings is 1. The highest BCUT2D eigenvalue weighted by Crippen LogP contribution is 2.40. The van der Waals surface area contributed by atoms with Gasteiger partial charge >= 0.3 is 0 Å². The lowest BCUT2D eigenvalue weighted by atomic mass is 9.95. The molecule has 0 atom stereocenters. The summed E-state index contributed by atoms with van der Waals surface area (Å²) in [7, 11) is 0. The summed E-state index contributed by atoms with van der Waals surface area (Å²) < 4.78 is 0. The molecule has 1 heterocycles. The number of aryl methyl sites for hydroxylation is 3.